The maximum Gasteiger partial charge on any atom is 0.231 e. The minimum atomic E-state index is 0.346. The lowest BCUT2D eigenvalue weighted by molar-refractivity contribution is 0.550. The smallest absolute Gasteiger partial charge is 0.231 e. The molecule has 0 unspecified atom stereocenters. The lowest BCUT2D eigenvalue weighted by atomic mass is 10.1. The summed E-state index contributed by atoms with van der Waals surface area (Å²) < 4.78 is 0. The van der Waals surface area contributed by atoms with Crippen molar-refractivity contribution in [3.8, 4) is 0 Å². The number of anilines is 3. The van der Waals surface area contributed by atoms with E-state index in [9.17, 15) is 0 Å². The molecule has 2 saturated heterocycles. The van der Waals surface area contributed by atoms with Gasteiger partial charge in [-0.3, -0.25) is 0 Å². The van der Waals surface area contributed by atoms with E-state index in [2.05, 4.69) is 24.8 Å². The number of aromatic nitrogens is 3. The molecule has 2 aliphatic heterocycles. The van der Waals surface area contributed by atoms with Crippen LogP contribution in [-0.4, -0.2) is 41.1 Å². The molecule has 6 heteroatoms. The van der Waals surface area contributed by atoms with Gasteiger partial charge in [-0.25, -0.2) is 0 Å². The highest BCUT2D eigenvalue weighted by atomic mass is 15.4. The zero-order valence-electron chi connectivity index (χ0n) is 12.1. The lowest BCUT2D eigenvalue weighted by Gasteiger charge is -2.26. The third kappa shape index (κ3) is 3.11. The van der Waals surface area contributed by atoms with Crippen molar-refractivity contribution in [2.45, 2.75) is 44.9 Å². The third-order valence-corrected chi connectivity index (χ3v) is 4.16. The van der Waals surface area contributed by atoms with Crippen molar-refractivity contribution < 1.29 is 0 Å². The van der Waals surface area contributed by atoms with Crippen LogP contribution in [-0.2, 0) is 0 Å². The number of hydrogen-bond donors (Lipinski definition) is 1. The van der Waals surface area contributed by atoms with Gasteiger partial charge in [-0.2, -0.15) is 15.0 Å². The van der Waals surface area contributed by atoms with Gasteiger partial charge in [-0.15, -0.1) is 0 Å². The fraction of sp³-hybridized carbons (Fsp3) is 0.786. The SMILES string of the molecule is Nc1nc(N2CCCCCCC2)nc(N2CCCC2)n1. The van der Waals surface area contributed by atoms with Crippen LogP contribution in [0.15, 0.2) is 0 Å². The highest BCUT2D eigenvalue weighted by Gasteiger charge is 2.19. The minimum Gasteiger partial charge on any atom is -0.368 e. The van der Waals surface area contributed by atoms with Gasteiger partial charge >= 0.3 is 0 Å². The van der Waals surface area contributed by atoms with Crippen molar-refractivity contribution >= 4 is 17.8 Å². The number of nitrogens with zero attached hydrogens (tertiary/aromatic N) is 5. The highest BCUT2D eigenvalue weighted by Crippen LogP contribution is 2.21. The van der Waals surface area contributed by atoms with E-state index in [0.29, 0.717) is 5.95 Å². The second kappa shape index (κ2) is 6.24. The molecular weight excluding hydrogens is 252 g/mol. The molecule has 2 fully saturated rings. The van der Waals surface area contributed by atoms with E-state index >= 15 is 0 Å². The average molecular weight is 276 g/mol. The number of nitrogens with two attached hydrogens (primary N) is 1. The highest BCUT2D eigenvalue weighted by molar-refractivity contribution is 5.44. The predicted molar refractivity (Wildman–Crippen MR) is 81.0 cm³/mol. The molecule has 0 bridgehead atoms. The minimum absolute atomic E-state index is 0.346. The van der Waals surface area contributed by atoms with Gasteiger partial charge < -0.3 is 15.5 Å². The van der Waals surface area contributed by atoms with Crippen LogP contribution in [0.25, 0.3) is 0 Å². The maximum absolute atomic E-state index is 5.89. The van der Waals surface area contributed by atoms with E-state index in [-0.39, 0.29) is 0 Å². The summed E-state index contributed by atoms with van der Waals surface area (Å²) in [6.07, 6.45) is 8.81. The molecule has 2 N–H and O–H groups in total. The molecule has 1 aromatic rings. The van der Waals surface area contributed by atoms with Crippen LogP contribution >= 0.6 is 0 Å². The van der Waals surface area contributed by atoms with Crippen LogP contribution in [0, 0.1) is 0 Å². The fourth-order valence-corrected chi connectivity index (χ4v) is 3.02. The van der Waals surface area contributed by atoms with E-state index in [1.165, 1.54) is 44.9 Å². The number of nitrogen functional groups attached to an aromatic ring is 1. The molecule has 2 aliphatic rings. The van der Waals surface area contributed by atoms with Crippen molar-refractivity contribution in [3.05, 3.63) is 0 Å². The molecule has 20 heavy (non-hydrogen) atoms. The zero-order valence-corrected chi connectivity index (χ0v) is 12.1. The van der Waals surface area contributed by atoms with Gasteiger partial charge in [-0.05, 0) is 25.7 Å². The third-order valence-electron chi connectivity index (χ3n) is 4.16. The summed E-state index contributed by atoms with van der Waals surface area (Å²) in [7, 11) is 0. The Balaban J connectivity index is 1.80. The van der Waals surface area contributed by atoms with Crippen LogP contribution < -0.4 is 15.5 Å². The largest absolute Gasteiger partial charge is 0.368 e. The van der Waals surface area contributed by atoms with Crippen LogP contribution in [0.2, 0.25) is 0 Å². The Morgan fingerprint density at radius 1 is 0.600 bits per heavy atom. The van der Waals surface area contributed by atoms with Crippen LogP contribution in [0.4, 0.5) is 17.8 Å². The second-order valence-corrected chi connectivity index (χ2v) is 5.74. The van der Waals surface area contributed by atoms with Crippen LogP contribution in [0.3, 0.4) is 0 Å². The summed E-state index contributed by atoms with van der Waals surface area (Å²) in [6, 6.07) is 0. The molecule has 0 saturated carbocycles. The van der Waals surface area contributed by atoms with Crippen molar-refractivity contribution in [1.82, 2.24) is 15.0 Å². The van der Waals surface area contributed by atoms with Crippen molar-refractivity contribution in [3.63, 3.8) is 0 Å². The molecular formula is C14H24N6. The Bertz CT molecular complexity index is 435. The first-order chi connectivity index (χ1) is 9.83. The summed E-state index contributed by atoms with van der Waals surface area (Å²) in [5.74, 6) is 1.87. The van der Waals surface area contributed by atoms with E-state index < -0.39 is 0 Å². The van der Waals surface area contributed by atoms with E-state index in [1.807, 2.05) is 0 Å². The quantitative estimate of drug-likeness (QED) is 0.888. The first-order valence-electron chi connectivity index (χ1n) is 7.84. The van der Waals surface area contributed by atoms with Gasteiger partial charge in [0, 0.05) is 26.2 Å². The summed E-state index contributed by atoms with van der Waals surface area (Å²) in [4.78, 5) is 17.8. The van der Waals surface area contributed by atoms with Gasteiger partial charge in [0.2, 0.25) is 17.8 Å². The predicted octanol–water partition coefficient (Wildman–Crippen LogP) is 1.82. The molecule has 0 aliphatic carbocycles. The molecule has 6 nitrogen and oxygen atoms in total. The Morgan fingerprint density at radius 3 is 1.50 bits per heavy atom. The fourth-order valence-electron chi connectivity index (χ4n) is 3.02. The second-order valence-electron chi connectivity index (χ2n) is 5.74. The summed E-state index contributed by atoms with van der Waals surface area (Å²) >= 11 is 0. The van der Waals surface area contributed by atoms with Gasteiger partial charge in [0.15, 0.2) is 0 Å². The van der Waals surface area contributed by atoms with Gasteiger partial charge in [0.25, 0.3) is 0 Å². The molecule has 110 valence electrons. The first-order valence-corrected chi connectivity index (χ1v) is 7.84. The monoisotopic (exact) mass is 276 g/mol. The molecule has 0 radical (unpaired) electrons. The molecule has 0 aromatic carbocycles. The standard InChI is InChI=1S/C14H24N6/c15-12-16-13(19-8-4-2-1-3-5-9-19)18-14(17-12)20-10-6-7-11-20/h1-11H2,(H2,15,16,17,18). The molecule has 3 heterocycles. The van der Waals surface area contributed by atoms with E-state index in [4.69, 9.17) is 5.73 Å². The van der Waals surface area contributed by atoms with Gasteiger partial charge in [0.05, 0.1) is 0 Å². The van der Waals surface area contributed by atoms with Crippen LogP contribution in [0.1, 0.15) is 44.9 Å². The number of rotatable bonds is 2. The topological polar surface area (TPSA) is 71.2 Å². The normalized spacial score (nSPS) is 20.8. The lowest BCUT2D eigenvalue weighted by Crippen LogP contribution is -2.30. The van der Waals surface area contributed by atoms with Crippen molar-refractivity contribution in [2.75, 3.05) is 41.7 Å². The van der Waals surface area contributed by atoms with Gasteiger partial charge in [0.1, 0.15) is 0 Å². The van der Waals surface area contributed by atoms with Crippen molar-refractivity contribution in [2.24, 2.45) is 0 Å². The Labute approximate surface area is 120 Å². The summed E-state index contributed by atoms with van der Waals surface area (Å²) in [5, 5.41) is 0. The van der Waals surface area contributed by atoms with E-state index in [1.54, 1.807) is 0 Å². The first kappa shape index (κ1) is 13.4. The molecule has 0 spiro atoms. The van der Waals surface area contributed by atoms with Crippen molar-refractivity contribution in [1.29, 1.82) is 0 Å². The molecule has 3 rings (SSSR count). The zero-order chi connectivity index (χ0) is 13.8. The maximum atomic E-state index is 5.89. The van der Waals surface area contributed by atoms with Crippen LogP contribution in [0.5, 0.6) is 0 Å². The van der Waals surface area contributed by atoms with Gasteiger partial charge in [-0.1, -0.05) is 19.3 Å². The Kier molecular flexibility index (Phi) is 4.18. The summed E-state index contributed by atoms with van der Waals surface area (Å²) in [5.41, 5.74) is 5.89. The molecule has 0 amide bonds. The molecule has 1 aromatic heterocycles. The Morgan fingerprint density at radius 2 is 1.00 bits per heavy atom. The Hall–Kier alpha value is -1.59. The summed E-state index contributed by atoms with van der Waals surface area (Å²) in [6.45, 7) is 4.12. The number of hydrogen-bond acceptors (Lipinski definition) is 6. The molecule has 0 atom stereocenters. The van der Waals surface area contributed by atoms with E-state index in [0.717, 1.165) is 38.1 Å². The average Bonchev–Trinajstić information content (AvgIpc) is 2.91.